The molecule has 0 unspecified atom stereocenters. The topological polar surface area (TPSA) is 71.1 Å². The van der Waals surface area contributed by atoms with E-state index in [0.717, 1.165) is 11.1 Å². The number of thiazole rings is 1. The van der Waals surface area contributed by atoms with E-state index in [4.69, 9.17) is 0 Å². The van der Waals surface area contributed by atoms with E-state index in [-0.39, 0.29) is 30.7 Å². The minimum atomic E-state index is -0.244. The lowest BCUT2D eigenvalue weighted by Gasteiger charge is -2.20. The van der Waals surface area contributed by atoms with Crippen molar-refractivity contribution in [2.45, 2.75) is 18.9 Å². The van der Waals surface area contributed by atoms with Crippen LogP contribution in [0.1, 0.15) is 30.0 Å². The maximum absolute atomic E-state index is 12.4. The van der Waals surface area contributed by atoms with Gasteiger partial charge in [0.05, 0.1) is 6.04 Å². The van der Waals surface area contributed by atoms with Crippen LogP contribution in [0.25, 0.3) is 0 Å². The number of nitrogens with zero attached hydrogens (tertiary/aromatic N) is 1. The van der Waals surface area contributed by atoms with Gasteiger partial charge in [0, 0.05) is 24.4 Å². The first-order valence-electron chi connectivity index (χ1n) is 8.31. The zero-order chi connectivity index (χ0) is 18.2. The maximum atomic E-state index is 12.4. The Labute approximate surface area is 156 Å². The Morgan fingerprint density at radius 1 is 0.885 bits per heavy atom. The molecule has 26 heavy (non-hydrogen) atoms. The average Bonchev–Trinajstić information content (AvgIpc) is 3.19. The van der Waals surface area contributed by atoms with Crippen LogP contribution in [0.3, 0.4) is 0 Å². The van der Waals surface area contributed by atoms with Crippen LogP contribution in [-0.2, 0) is 9.59 Å². The summed E-state index contributed by atoms with van der Waals surface area (Å²) in [7, 11) is 0. The molecule has 0 aliphatic heterocycles. The predicted molar refractivity (Wildman–Crippen MR) is 103 cm³/mol. The molecule has 3 rings (SSSR count). The quantitative estimate of drug-likeness (QED) is 0.669. The predicted octanol–water partition coefficient (Wildman–Crippen LogP) is 3.77. The summed E-state index contributed by atoms with van der Waals surface area (Å²) in [6.45, 7) is 0. The Morgan fingerprint density at radius 2 is 1.46 bits per heavy atom. The lowest BCUT2D eigenvalue weighted by atomic mass is 9.98. The summed E-state index contributed by atoms with van der Waals surface area (Å²) in [5.41, 5.74) is 2.00. The molecule has 0 atom stereocenters. The van der Waals surface area contributed by atoms with Gasteiger partial charge in [0.2, 0.25) is 11.8 Å². The second-order valence-corrected chi connectivity index (χ2v) is 6.60. The Kier molecular flexibility index (Phi) is 6.11. The molecule has 5 nitrogen and oxygen atoms in total. The maximum Gasteiger partial charge on any atom is 0.226 e. The van der Waals surface area contributed by atoms with Crippen LogP contribution in [0.4, 0.5) is 5.13 Å². The fraction of sp³-hybridized carbons (Fsp3) is 0.150. The number of hydrogen-bond acceptors (Lipinski definition) is 4. The molecular weight excluding hydrogens is 346 g/mol. The van der Waals surface area contributed by atoms with Crippen LogP contribution in [0.15, 0.2) is 72.2 Å². The number of hydrogen-bond donors (Lipinski definition) is 2. The minimum Gasteiger partial charge on any atom is -0.345 e. The third-order valence-corrected chi connectivity index (χ3v) is 4.52. The summed E-state index contributed by atoms with van der Waals surface area (Å²) in [4.78, 5) is 28.3. The van der Waals surface area contributed by atoms with Gasteiger partial charge in [-0.05, 0) is 11.1 Å². The second-order valence-electron chi connectivity index (χ2n) is 5.71. The van der Waals surface area contributed by atoms with Crippen LogP contribution in [0.5, 0.6) is 0 Å². The lowest BCUT2D eigenvalue weighted by Crippen LogP contribution is -2.30. The molecule has 0 radical (unpaired) electrons. The lowest BCUT2D eigenvalue weighted by molar-refractivity contribution is -0.124. The van der Waals surface area contributed by atoms with Crippen LogP contribution in [-0.4, -0.2) is 16.8 Å². The SMILES string of the molecule is O=C(CCC(=O)NC(c1ccccc1)c1ccccc1)Nc1nccs1. The zero-order valence-electron chi connectivity index (χ0n) is 14.1. The minimum absolute atomic E-state index is 0.113. The van der Waals surface area contributed by atoms with E-state index >= 15 is 0 Å². The Morgan fingerprint density at radius 3 is 2.00 bits per heavy atom. The van der Waals surface area contributed by atoms with Gasteiger partial charge >= 0.3 is 0 Å². The number of carbonyl (C=O) groups is 2. The summed E-state index contributed by atoms with van der Waals surface area (Å²) >= 11 is 1.35. The van der Waals surface area contributed by atoms with E-state index in [9.17, 15) is 9.59 Å². The van der Waals surface area contributed by atoms with Gasteiger partial charge in [-0.3, -0.25) is 9.59 Å². The van der Waals surface area contributed by atoms with Crippen molar-refractivity contribution in [3.05, 3.63) is 83.4 Å². The van der Waals surface area contributed by atoms with E-state index in [1.165, 1.54) is 11.3 Å². The van der Waals surface area contributed by atoms with Crippen molar-refractivity contribution in [2.75, 3.05) is 5.32 Å². The Bertz CT molecular complexity index is 797. The van der Waals surface area contributed by atoms with E-state index < -0.39 is 0 Å². The molecule has 3 aromatic rings. The summed E-state index contributed by atoms with van der Waals surface area (Å²) < 4.78 is 0. The van der Waals surface area contributed by atoms with Gasteiger partial charge in [0.25, 0.3) is 0 Å². The molecule has 0 spiro atoms. The molecule has 1 aromatic heterocycles. The molecule has 0 saturated heterocycles. The summed E-state index contributed by atoms with van der Waals surface area (Å²) in [5.74, 6) is -0.386. The molecule has 0 fully saturated rings. The van der Waals surface area contributed by atoms with Crippen molar-refractivity contribution in [3.8, 4) is 0 Å². The van der Waals surface area contributed by atoms with Gasteiger partial charge in [0.15, 0.2) is 5.13 Å². The standard InChI is InChI=1S/C20H19N3O2S/c24-17(11-12-18(25)23-20-21-13-14-26-20)22-19(15-7-3-1-4-8-15)16-9-5-2-6-10-16/h1-10,13-14,19H,11-12H2,(H,22,24)(H,21,23,25). The molecule has 1 heterocycles. The zero-order valence-corrected chi connectivity index (χ0v) is 14.9. The molecule has 132 valence electrons. The highest BCUT2D eigenvalue weighted by molar-refractivity contribution is 7.13. The van der Waals surface area contributed by atoms with Crippen molar-refractivity contribution in [1.82, 2.24) is 10.3 Å². The van der Waals surface area contributed by atoms with Crippen molar-refractivity contribution in [2.24, 2.45) is 0 Å². The second kappa shape index (κ2) is 8.92. The number of anilines is 1. The molecule has 0 aliphatic rings. The highest BCUT2D eigenvalue weighted by atomic mass is 32.1. The molecular formula is C20H19N3O2S. The van der Waals surface area contributed by atoms with Gasteiger partial charge in [-0.2, -0.15) is 0 Å². The summed E-state index contributed by atoms with van der Waals surface area (Å²) in [5, 5.41) is 8.04. The van der Waals surface area contributed by atoms with Crippen molar-refractivity contribution in [3.63, 3.8) is 0 Å². The molecule has 0 bridgehead atoms. The Hall–Kier alpha value is -2.99. The van der Waals surface area contributed by atoms with Crippen molar-refractivity contribution < 1.29 is 9.59 Å². The largest absolute Gasteiger partial charge is 0.345 e. The first kappa shape index (κ1) is 17.8. The van der Waals surface area contributed by atoms with E-state index in [2.05, 4.69) is 15.6 Å². The van der Waals surface area contributed by atoms with Gasteiger partial charge in [-0.1, -0.05) is 60.7 Å². The third kappa shape index (κ3) is 5.00. The first-order valence-corrected chi connectivity index (χ1v) is 9.19. The van der Waals surface area contributed by atoms with Crippen LogP contribution in [0.2, 0.25) is 0 Å². The molecule has 6 heteroatoms. The highest BCUT2D eigenvalue weighted by Crippen LogP contribution is 2.22. The highest BCUT2D eigenvalue weighted by Gasteiger charge is 2.17. The van der Waals surface area contributed by atoms with Crippen LogP contribution < -0.4 is 10.6 Å². The first-order chi connectivity index (χ1) is 12.7. The van der Waals surface area contributed by atoms with Gasteiger partial charge < -0.3 is 10.6 Å². The number of amides is 2. The monoisotopic (exact) mass is 365 g/mol. The van der Waals surface area contributed by atoms with Gasteiger partial charge in [-0.15, -0.1) is 11.3 Å². The fourth-order valence-corrected chi connectivity index (χ4v) is 3.12. The van der Waals surface area contributed by atoms with Crippen LogP contribution >= 0.6 is 11.3 Å². The van der Waals surface area contributed by atoms with Gasteiger partial charge in [0.1, 0.15) is 0 Å². The van der Waals surface area contributed by atoms with E-state index in [0.29, 0.717) is 5.13 Å². The third-order valence-electron chi connectivity index (χ3n) is 3.83. The number of carbonyl (C=O) groups excluding carboxylic acids is 2. The van der Waals surface area contributed by atoms with Gasteiger partial charge in [-0.25, -0.2) is 4.98 Å². The van der Waals surface area contributed by atoms with E-state index in [1.807, 2.05) is 60.7 Å². The van der Waals surface area contributed by atoms with E-state index in [1.54, 1.807) is 11.6 Å². The number of nitrogens with one attached hydrogen (secondary N) is 2. The molecule has 2 N–H and O–H groups in total. The fourth-order valence-electron chi connectivity index (χ4n) is 2.58. The average molecular weight is 365 g/mol. The number of aromatic nitrogens is 1. The van der Waals surface area contributed by atoms with Crippen molar-refractivity contribution >= 4 is 28.3 Å². The van der Waals surface area contributed by atoms with Crippen molar-refractivity contribution in [1.29, 1.82) is 0 Å². The summed E-state index contributed by atoms with van der Waals surface area (Å²) in [6, 6.07) is 19.3. The normalized spacial score (nSPS) is 10.5. The number of rotatable bonds is 7. The Balaban J connectivity index is 1.61. The smallest absolute Gasteiger partial charge is 0.226 e. The number of benzene rings is 2. The molecule has 0 saturated carbocycles. The molecule has 2 aromatic carbocycles. The van der Waals surface area contributed by atoms with Crippen LogP contribution in [0, 0.1) is 0 Å². The molecule has 0 aliphatic carbocycles. The molecule has 2 amide bonds. The summed E-state index contributed by atoms with van der Waals surface area (Å²) in [6.07, 6.45) is 1.85.